The van der Waals surface area contributed by atoms with Crippen molar-refractivity contribution in [2.24, 2.45) is 7.05 Å². The fourth-order valence-corrected chi connectivity index (χ4v) is 4.64. The zero-order valence-corrected chi connectivity index (χ0v) is 18.5. The molecule has 0 radical (unpaired) electrons. The molecule has 2 aliphatic rings. The van der Waals surface area contributed by atoms with Crippen LogP contribution in [0.15, 0.2) is 30.9 Å². The van der Waals surface area contributed by atoms with E-state index in [1.807, 2.05) is 13.2 Å². The molecule has 0 spiro atoms. The number of amides is 1. The van der Waals surface area contributed by atoms with Gasteiger partial charge in [-0.05, 0) is 26.2 Å². The number of aromatic nitrogens is 5. The summed E-state index contributed by atoms with van der Waals surface area (Å²) >= 11 is 0. The maximum absolute atomic E-state index is 14.4. The van der Waals surface area contributed by atoms with E-state index in [1.165, 1.54) is 18.9 Å². The molecule has 6 rings (SSSR count). The number of hydrogen-bond donors (Lipinski definition) is 2. The lowest BCUT2D eigenvalue weighted by atomic mass is 10.2. The van der Waals surface area contributed by atoms with E-state index >= 15 is 0 Å². The molecule has 1 unspecified atom stereocenters. The lowest BCUT2D eigenvalue weighted by molar-refractivity contribution is 0.102. The van der Waals surface area contributed by atoms with Crippen LogP contribution >= 0.6 is 0 Å². The van der Waals surface area contributed by atoms with Crippen molar-refractivity contribution >= 4 is 34.0 Å². The van der Waals surface area contributed by atoms with Gasteiger partial charge in [-0.1, -0.05) is 0 Å². The van der Waals surface area contributed by atoms with Crippen molar-refractivity contribution in [1.29, 1.82) is 0 Å². The molecule has 5 heterocycles. The molecule has 10 heteroatoms. The molecule has 4 aromatic heterocycles. The summed E-state index contributed by atoms with van der Waals surface area (Å²) < 4.78 is 17.7. The van der Waals surface area contributed by atoms with Crippen molar-refractivity contribution in [3.8, 4) is 0 Å². The highest BCUT2D eigenvalue weighted by molar-refractivity contribution is 6.13. The Kier molecular flexibility index (Phi) is 4.58. The standard InChI is InChI=1S/C23H25FN8O/c1-13-9-32-11-16(7-19(24)22(32)26-13)28-23(33)17-8-25-21(18-12-30(2)29-20(17)18)31-6-5-15(10-31)27-14-3-4-14/h7-9,11-12,14-15,27H,3-6,10H2,1-2H3,(H,28,33). The normalized spacial score (nSPS) is 18.5. The highest BCUT2D eigenvalue weighted by Gasteiger charge is 2.31. The Balaban J connectivity index is 1.29. The Labute approximate surface area is 189 Å². The van der Waals surface area contributed by atoms with E-state index in [0.29, 0.717) is 34.5 Å². The molecular formula is C23H25FN8O. The number of anilines is 2. The van der Waals surface area contributed by atoms with E-state index in [1.54, 1.807) is 34.6 Å². The fourth-order valence-electron chi connectivity index (χ4n) is 4.64. The smallest absolute Gasteiger partial charge is 0.259 e. The van der Waals surface area contributed by atoms with E-state index in [2.05, 4.69) is 30.6 Å². The van der Waals surface area contributed by atoms with Crippen LogP contribution in [0.25, 0.3) is 16.6 Å². The average molecular weight is 449 g/mol. The summed E-state index contributed by atoms with van der Waals surface area (Å²) in [5, 5.41) is 11.9. The summed E-state index contributed by atoms with van der Waals surface area (Å²) in [6.07, 6.45) is 10.4. The molecule has 2 N–H and O–H groups in total. The lowest BCUT2D eigenvalue weighted by Gasteiger charge is -2.19. The van der Waals surface area contributed by atoms with Gasteiger partial charge in [0.2, 0.25) is 0 Å². The van der Waals surface area contributed by atoms with Crippen LogP contribution in [-0.4, -0.2) is 55.2 Å². The summed E-state index contributed by atoms with van der Waals surface area (Å²) in [4.78, 5) is 24.2. The topological polar surface area (TPSA) is 92.4 Å². The van der Waals surface area contributed by atoms with Crippen LogP contribution in [-0.2, 0) is 7.05 Å². The molecule has 0 aromatic carbocycles. The van der Waals surface area contributed by atoms with Crippen molar-refractivity contribution in [2.45, 2.75) is 38.3 Å². The minimum absolute atomic E-state index is 0.226. The van der Waals surface area contributed by atoms with Gasteiger partial charge in [-0.2, -0.15) is 5.10 Å². The highest BCUT2D eigenvalue weighted by Crippen LogP contribution is 2.30. The van der Waals surface area contributed by atoms with Crippen molar-refractivity contribution in [3.05, 3.63) is 47.9 Å². The number of hydrogen-bond acceptors (Lipinski definition) is 6. The molecule has 170 valence electrons. The van der Waals surface area contributed by atoms with Gasteiger partial charge in [0.05, 0.1) is 22.3 Å². The van der Waals surface area contributed by atoms with Crippen LogP contribution in [0.2, 0.25) is 0 Å². The van der Waals surface area contributed by atoms with Gasteiger partial charge in [0, 0.05) is 63.1 Å². The third kappa shape index (κ3) is 3.70. The third-order valence-electron chi connectivity index (χ3n) is 6.31. The molecule has 2 fully saturated rings. The van der Waals surface area contributed by atoms with Crippen molar-refractivity contribution in [3.63, 3.8) is 0 Å². The molecule has 1 saturated heterocycles. The third-order valence-corrected chi connectivity index (χ3v) is 6.31. The number of aryl methyl sites for hydroxylation is 2. The number of imidazole rings is 1. The molecular weight excluding hydrogens is 423 g/mol. The second-order valence-electron chi connectivity index (χ2n) is 9.08. The van der Waals surface area contributed by atoms with Crippen molar-refractivity contribution in [2.75, 3.05) is 23.3 Å². The Morgan fingerprint density at radius 2 is 2.03 bits per heavy atom. The van der Waals surface area contributed by atoms with E-state index in [4.69, 9.17) is 0 Å². The van der Waals surface area contributed by atoms with Crippen molar-refractivity contribution < 1.29 is 9.18 Å². The second kappa shape index (κ2) is 7.51. The van der Waals surface area contributed by atoms with Crippen LogP contribution in [0.4, 0.5) is 15.9 Å². The van der Waals surface area contributed by atoms with Gasteiger partial charge in [-0.15, -0.1) is 0 Å². The number of halogens is 1. The first kappa shape index (κ1) is 20.1. The van der Waals surface area contributed by atoms with Crippen LogP contribution in [0, 0.1) is 12.7 Å². The number of carbonyl (C=O) groups is 1. The SMILES string of the molecule is Cc1cn2cc(NC(=O)c3cnc(N4CCC(NC5CC5)C4)c4cn(C)nc34)cc(F)c2n1. The summed E-state index contributed by atoms with van der Waals surface area (Å²) in [5.41, 5.74) is 2.19. The summed E-state index contributed by atoms with van der Waals surface area (Å²) in [6.45, 7) is 3.60. The average Bonchev–Trinajstić information content (AvgIpc) is 3.13. The number of nitrogens with one attached hydrogen (secondary N) is 2. The van der Waals surface area contributed by atoms with Crippen LogP contribution in [0.5, 0.6) is 0 Å². The van der Waals surface area contributed by atoms with E-state index in [9.17, 15) is 9.18 Å². The minimum Gasteiger partial charge on any atom is -0.354 e. The first-order valence-electron chi connectivity index (χ1n) is 11.2. The van der Waals surface area contributed by atoms with Gasteiger partial charge in [0.25, 0.3) is 5.91 Å². The maximum atomic E-state index is 14.4. The van der Waals surface area contributed by atoms with E-state index in [-0.39, 0.29) is 11.6 Å². The maximum Gasteiger partial charge on any atom is 0.259 e. The van der Waals surface area contributed by atoms with Gasteiger partial charge >= 0.3 is 0 Å². The molecule has 1 aliphatic heterocycles. The number of rotatable bonds is 5. The molecule has 1 aliphatic carbocycles. The highest BCUT2D eigenvalue weighted by atomic mass is 19.1. The van der Waals surface area contributed by atoms with Crippen LogP contribution in [0.3, 0.4) is 0 Å². The fraction of sp³-hybridized carbons (Fsp3) is 0.391. The first-order valence-corrected chi connectivity index (χ1v) is 11.2. The first-order chi connectivity index (χ1) is 15.9. The zero-order chi connectivity index (χ0) is 22.7. The molecule has 4 aromatic rings. The number of carbonyl (C=O) groups excluding carboxylic acids is 1. The number of pyridine rings is 2. The quantitative estimate of drug-likeness (QED) is 0.488. The van der Waals surface area contributed by atoms with Gasteiger partial charge in [-0.3, -0.25) is 9.48 Å². The Hall–Kier alpha value is -3.53. The molecule has 0 bridgehead atoms. The predicted octanol–water partition coefficient (Wildman–Crippen LogP) is 2.65. The molecule has 1 saturated carbocycles. The molecule has 9 nitrogen and oxygen atoms in total. The molecule has 1 atom stereocenters. The van der Waals surface area contributed by atoms with Crippen LogP contribution < -0.4 is 15.5 Å². The van der Waals surface area contributed by atoms with Gasteiger partial charge in [-0.25, -0.2) is 14.4 Å². The summed E-state index contributed by atoms with van der Waals surface area (Å²) in [5.74, 6) is -0.0418. The largest absolute Gasteiger partial charge is 0.354 e. The molecule has 1 amide bonds. The molecule has 33 heavy (non-hydrogen) atoms. The summed E-state index contributed by atoms with van der Waals surface area (Å²) in [7, 11) is 1.83. The Morgan fingerprint density at radius 1 is 1.18 bits per heavy atom. The lowest BCUT2D eigenvalue weighted by Crippen LogP contribution is -2.34. The van der Waals surface area contributed by atoms with Gasteiger partial charge in [0.1, 0.15) is 11.3 Å². The van der Waals surface area contributed by atoms with Crippen LogP contribution in [0.1, 0.15) is 35.3 Å². The van der Waals surface area contributed by atoms with Gasteiger partial charge < -0.3 is 19.9 Å². The van der Waals surface area contributed by atoms with E-state index < -0.39 is 5.82 Å². The Morgan fingerprint density at radius 3 is 2.85 bits per heavy atom. The number of nitrogens with zero attached hydrogens (tertiary/aromatic N) is 6. The van der Waals surface area contributed by atoms with Gasteiger partial charge in [0.15, 0.2) is 11.5 Å². The van der Waals surface area contributed by atoms with E-state index in [0.717, 1.165) is 30.7 Å². The van der Waals surface area contributed by atoms with Crippen molar-refractivity contribution in [1.82, 2.24) is 29.5 Å². The monoisotopic (exact) mass is 448 g/mol. The second-order valence-corrected chi connectivity index (χ2v) is 9.08. The Bertz CT molecular complexity index is 1390. The zero-order valence-electron chi connectivity index (χ0n) is 18.5. The predicted molar refractivity (Wildman–Crippen MR) is 123 cm³/mol. The number of fused-ring (bicyclic) bond motifs is 2. The summed E-state index contributed by atoms with van der Waals surface area (Å²) in [6, 6.07) is 2.40. The minimum atomic E-state index is -0.499.